The summed E-state index contributed by atoms with van der Waals surface area (Å²) in [5.74, 6) is 0.560. The van der Waals surface area contributed by atoms with Crippen molar-refractivity contribution in [2.75, 3.05) is 7.05 Å². The van der Waals surface area contributed by atoms with Crippen LogP contribution in [0.4, 0.5) is 0 Å². The molecule has 5 nitrogen and oxygen atoms in total. The quantitative estimate of drug-likeness (QED) is 0.538. The predicted molar refractivity (Wildman–Crippen MR) is 113 cm³/mol. The fraction of sp³-hybridized carbons (Fsp3) is 0.136. The highest BCUT2D eigenvalue weighted by molar-refractivity contribution is 7.07. The minimum atomic E-state index is -0.177. The molecule has 0 radical (unpaired) electrons. The Balaban J connectivity index is 1.52. The first kappa shape index (κ1) is 18.3. The molecule has 0 atom stereocenters. The second-order valence-corrected chi connectivity index (χ2v) is 7.50. The van der Waals surface area contributed by atoms with Gasteiger partial charge >= 0.3 is 0 Å². The summed E-state index contributed by atoms with van der Waals surface area (Å²) in [5, 5.41) is 4.28. The minimum absolute atomic E-state index is 0.177. The van der Waals surface area contributed by atoms with Crippen molar-refractivity contribution in [1.82, 2.24) is 19.9 Å². The third kappa shape index (κ3) is 4.42. The number of nitrogens with zero attached hydrogens (tertiary/aromatic N) is 3. The van der Waals surface area contributed by atoms with Crippen LogP contribution < -0.4 is 5.56 Å². The fourth-order valence-electron chi connectivity index (χ4n) is 3.09. The predicted octanol–water partition coefficient (Wildman–Crippen LogP) is 4.19. The van der Waals surface area contributed by atoms with Gasteiger partial charge in [0.2, 0.25) is 0 Å². The van der Waals surface area contributed by atoms with Crippen LogP contribution in [0.15, 0.2) is 76.5 Å². The van der Waals surface area contributed by atoms with Crippen molar-refractivity contribution in [1.29, 1.82) is 0 Å². The molecule has 6 heteroatoms. The van der Waals surface area contributed by atoms with Gasteiger partial charge in [0.25, 0.3) is 5.56 Å². The number of aromatic amines is 1. The van der Waals surface area contributed by atoms with E-state index >= 15 is 0 Å². The number of hydrogen-bond donors (Lipinski definition) is 1. The van der Waals surface area contributed by atoms with E-state index in [0.29, 0.717) is 11.5 Å². The molecule has 3 aromatic heterocycles. The van der Waals surface area contributed by atoms with E-state index in [9.17, 15) is 4.79 Å². The molecule has 0 saturated carbocycles. The SMILES string of the molecule is CN(Cc1ccc(-c2nc(-c3cccnc3)cc(=O)[nH]2)cc1)Cc1ccsc1. The maximum atomic E-state index is 12.1. The molecule has 0 bridgehead atoms. The molecular weight excluding hydrogens is 368 g/mol. The van der Waals surface area contributed by atoms with Crippen molar-refractivity contribution in [3.8, 4) is 22.6 Å². The van der Waals surface area contributed by atoms with E-state index in [-0.39, 0.29) is 5.56 Å². The van der Waals surface area contributed by atoms with Gasteiger partial charge in [0, 0.05) is 42.7 Å². The largest absolute Gasteiger partial charge is 0.306 e. The molecule has 0 spiro atoms. The lowest BCUT2D eigenvalue weighted by Gasteiger charge is -2.16. The Labute approximate surface area is 167 Å². The normalized spacial score (nSPS) is 11.1. The minimum Gasteiger partial charge on any atom is -0.306 e. The number of rotatable bonds is 6. The zero-order valence-corrected chi connectivity index (χ0v) is 16.3. The molecule has 0 aliphatic carbocycles. The number of H-pyrrole nitrogens is 1. The maximum absolute atomic E-state index is 12.1. The van der Waals surface area contributed by atoms with Gasteiger partial charge in [-0.15, -0.1) is 0 Å². The molecular formula is C22H20N4OS. The second kappa shape index (κ2) is 8.29. The van der Waals surface area contributed by atoms with E-state index in [0.717, 1.165) is 24.2 Å². The zero-order chi connectivity index (χ0) is 19.3. The number of nitrogens with one attached hydrogen (secondary N) is 1. The standard InChI is InChI=1S/C22H20N4OS/c1-26(14-17-8-10-28-15-17)13-16-4-6-18(7-5-16)22-24-20(11-21(27)25-22)19-3-2-9-23-12-19/h2-12,15H,13-14H2,1H3,(H,24,25,27). The number of thiophene rings is 1. The Hall–Kier alpha value is -3.09. The van der Waals surface area contributed by atoms with Crippen LogP contribution in [0.1, 0.15) is 11.1 Å². The lowest BCUT2D eigenvalue weighted by Crippen LogP contribution is -2.16. The van der Waals surface area contributed by atoms with Gasteiger partial charge in [-0.05, 0) is 47.1 Å². The van der Waals surface area contributed by atoms with Gasteiger partial charge in [-0.3, -0.25) is 14.7 Å². The molecule has 1 N–H and O–H groups in total. The van der Waals surface area contributed by atoms with Crippen LogP contribution in [0.2, 0.25) is 0 Å². The van der Waals surface area contributed by atoms with Crippen LogP contribution >= 0.6 is 11.3 Å². The summed E-state index contributed by atoms with van der Waals surface area (Å²) in [7, 11) is 2.11. The van der Waals surface area contributed by atoms with E-state index in [4.69, 9.17) is 0 Å². The number of hydrogen-bond acceptors (Lipinski definition) is 5. The van der Waals surface area contributed by atoms with Gasteiger partial charge in [-0.1, -0.05) is 24.3 Å². The topological polar surface area (TPSA) is 61.9 Å². The Morgan fingerprint density at radius 2 is 1.86 bits per heavy atom. The molecule has 0 unspecified atom stereocenters. The van der Waals surface area contributed by atoms with Gasteiger partial charge in [0.05, 0.1) is 5.69 Å². The number of benzene rings is 1. The Morgan fingerprint density at radius 3 is 2.57 bits per heavy atom. The van der Waals surface area contributed by atoms with Crippen LogP contribution in [-0.4, -0.2) is 26.9 Å². The molecule has 3 heterocycles. The zero-order valence-electron chi connectivity index (χ0n) is 15.5. The van der Waals surface area contributed by atoms with Gasteiger partial charge in [-0.2, -0.15) is 11.3 Å². The van der Waals surface area contributed by atoms with Crippen LogP contribution in [0.3, 0.4) is 0 Å². The van der Waals surface area contributed by atoms with E-state index in [2.05, 4.69) is 55.9 Å². The van der Waals surface area contributed by atoms with E-state index in [1.807, 2.05) is 24.3 Å². The fourth-order valence-corrected chi connectivity index (χ4v) is 3.75. The third-order valence-corrected chi connectivity index (χ3v) is 5.14. The van der Waals surface area contributed by atoms with Crippen LogP contribution in [0, 0.1) is 0 Å². The average Bonchev–Trinajstić information content (AvgIpc) is 3.21. The molecule has 0 saturated heterocycles. The summed E-state index contributed by atoms with van der Waals surface area (Å²) in [5.41, 5.74) is 4.69. The number of pyridine rings is 1. The third-order valence-electron chi connectivity index (χ3n) is 4.41. The molecule has 0 aliphatic rings. The van der Waals surface area contributed by atoms with Crippen LogP contribution in [-0.2, 0) is 13.1 Å². The smallest absolute Gasteiger partial charge is 0.251 e. The summed E-state index contributed by atoms with van der Waals surface area (Å²) in [6.07, 6.45) is 3.41. The molecule has 28 heavy (non-hydrogen) atoms. The van der Waals surface area contributed by atoms with Crippen LogP contribution in [0.5, 0.6) is 0 Å². The summed E-state index contributed by atoms with van der Waals surface area (Å²) in [4.78, 5) is 25.9. The lowest BCUT2D eigenvalue weighted by atomic mass is 10.1. The van der Waals surface area contributed by atoms with E-state index in [1.165, 1.54) is 17.2 Å². The van der Waals surface area contributed by atoms with Crippen molar-refractivity contribution in [3.63, 3.8) is 0 Å². The van der Waals surface area contributed by atoms with Crippen molar-refractivity contribution in [2.45, 2.75) is 13.1 Å². The summed E-state index contributed by atoms with van der Waals surface area (Å²) in [6.45, 7) is 1.78. The maximum Gasteiger partial charge on any atom is 0.251 e. The monoisotopic (exact) mass is 388 g/mol. The molecule has 140 valence electrons. The Bertz CT molecular complexity index is 1090. The van der Waals surface area contributed by atoms with E-state index < -0.39 is 0 Å². The molecule has 4 aromatic rings. The van der Waals surface area contributed by atoms with Crippen molar-refractivity contribution in [2.24, 2.45) is 0 Å². The van der Waals surface area contributed by atoms with Gasteiger partial charge < -0.3 is 4.98 Å². The first-order valence-corrected chi connectivity index (χ1v) is 9.92. The summed E-state index contributed by atoms with van der Waals surface area (Å²) < 4.78 is 0. The molecule has 0 fully saturated rings. The Morgan fingerprint density at radius 1 is 1.04 bits per heavy atom. The van der Waals surface area contributed by atoms with Gasteiger partial charge in [0.15, 0.2) is 0 Å². The van der Waals surface area contributed by atoms with Crippen molar-refractivity contribution in [3.05, 3.63) is 93.2 Å². The average molecular weight is 388 g/mol. The molecule has 0 amide bonds. The Kier molecular flexibility index (Phi) is 5.41. The highest BCUT2D eigenvalue weighted by Gasteiger charge is 2.07. The van der Waals surface area contributed by atoms with Gasteiger partial charge in [0.1, 0.15) is 5.82 Å². The summed E-state index contributed by atoms with van der Waals surface area (Å²) >= 11 is 1.72. The second-order valence-electron chi connectivity index (χ2n) is 6.72. The molecule has 0 aliphatic heterocycles. The highest BCUT2D eigenvalue weighted by atomic mass is 32.1. The molecule has 4 rings (SSSR count). The van der Waals surface area contributed by atoms with Gasteiger partial charge in [-0.25, -0.2) is 4.98 Å². The first-order valence-electron chi connectivity index (χ1n) is 8.98. The van der Waals surface area contributed by atoms with Crippen molar-refractivity contribution < 1.29 is 0 Å². The molecule has 1 aromatic carbocycles. The lowest BCUT2D eigenvalue weighted by molar-refractivity contribution is 0.319. The van der Waals surface area contributed by atoms with E-state index in [1.54, 1.807) is 23.7 Å². The van der Waals surface area contributed by atoms with Crippen molar-refractivity contribution >= 4 is 11.3 Å². The highest BCUT2D eigenvalue weighted by Crippen LogP contribution is 2.20. The summed E-state index contributed by atoms with van der Waals surface area (Å²) in [6, 6.07) is 15.5. The first-order chi connectivity index (χ1) is 13.7. The number of aromatic nitrogens is 3. The van der Waals surface area contributed by atoms with Crippen LogP contribution in [0.25, 0.3) is 22.6 Å².